The van der Waals surface area contributed by atoms with Crippen LogP contribution in [0, 0.1) is 24.3 Å². The molecule has 0 N–H and O–H groups in total. The minimum atomic E-state index is -3.67. The van der Waals surface area contributed by atoms with Crippen molar-refractivity contribution in [2.45, 2.75) is 32.1 Å². The van der Waals surface area contributed by atoms with Crippen LogP contribution in [0.5, 0.6) is 0 Å². The van der Waals surface area contributed by atoms with Gasteiger partial charge in [-0.3, -0.25) is 4.79 Å². The third-order valence-corrected chi connectivity index (χ3v) is 6.34. The Hall–Kier alpha value is -1.35. The molecule has 0 bridgehead atoms. The van der Waals surface area contributed by atoms with Crippen molar-refractivity contribution in [1.29, 1.82) is 0 Å². The lowest BCUT2D eigenvalue weighted by atomic mass is 10.2. The summed E-state index contributed by atoms with van der Waals surface area (Å²) in [6.45, 7) is 5.36. The van der Waals surface area contributed by atoms with Gasteiger partial charge in [-0.2, -0.15) is 0 Å². The van der Waals surface area contributed by atoms with E-state index in [4.69, 9.17) is 0 Å². The monoisotopic (exact) mass is 444 g/mol. The number of nitrogens with zero attached hydrogens (tertiary/aromatic N) is 2. The number of rotatable bonds is 5. The summed E-state index contributed by atoms with van der Waals surface area (Å²) in [5.41, 5.74) is 2.17. The first kappa shape index (κ1) is 18.0. The molecular formula is C16H17IN2O3S. The second-order valence-electron chi connectivity index (χ2n) is 5.43. The Morgan fingerprint density at radius 3 is 2.30 bits per heavy atom. The smallest absolute Gasteiger partial charge is 0.186 e. The third-order valence-electron chi connectivity index (χ3n) is 3.21. The van der Waals surface area contributed by atoms with E-state index in [2.05, 4.69) is 9.97 Å². The lowest BCUT2D eigenvalue weighted by Gasteiger charge is -2.09. The predicted octanol–water partition coefficient (Wildman–Crippen LogP) is 2.59. The maximum Gasteiger partial charge on any atom is 0.186 e. The maximum absolute atomic E-state index is 12.5. The van der Waals surface area contributed by atoms with Gasteiger partial charge in [0.15, 0.2) is 15.6 Å². The van der Waals surface area contributed by atoms with E-state index in [9.17, 15) is 13.2 Å². The molecule has 0 aliphatic carbocycles. The first-order valence-electron chi connectivity index (χ1n) is 7.00. The Labute approximate surface area is 149 Å². The molecule has 0 aliphatic rings. The highest BCUT2D eigenvalue weighted by molar-refractivity contribution is 14.1. The van der Waals surface area contributed by atoms with Gasteiger partial charge in [0, 0.05) is 15.0 Å². The average molecular weight is 444 g/mol. The van der Waals surface area contributed by atoms with Crippen molar-refractivity contribution in [3.63, 3.8) is 0 Å². The van der Waals surface area contributed by atoms with Crippen LogP contribution in [0.1, 0.15) is 22.8 Å². The zero-order chi connectivity index (χ0) is 17.2. The standard InChI is InChI=1S/C16H17IN2O3S/c1-10-5-4-6-14(17)16(10)23(21,22)9-13(20)8-15-18-11(2)7-12(3)19-15/h4-7H,8-9H2,1-3H3. The normalized spacial score (nSPS) is 11.5. The van der Waals surface area contributed by atoms with Crippen molar-refractivity contribution in [3.05, 3.63) is 50.6 Å². The van der Waals surface area contributed by atoms with Crippen LogP contribution in [0.3, 0.4) is 0 Å². The molecule has 1 heterocycles. The van der Waals surface area contributed by atoms with Gasteiger partial charge >= 0.3 is 0 Å². The van der Waals surface area contributed by atoms with Crippen molar-refractivity contribution < 1.29 is 13.2 Å². The highest BCUT2D eigenvalue weighted by Gasteiger charge is 2.24. The number of aryl methyl sites for hydroxylation is 3. The fourth-order valence-electron chi connectivity index (χ4n) is 2.40. The van der Waals surface area contributed by atoms with Crippen LogP contribution in [-0.2, 0) is 21.1 Å². The Balaban J connectivity index is 2.22. The number of benzene rings is 1. The zero-order valence-corrected chi connectivity index (χ0v) is 16.1. The van der Waals surface area contributed by atoms with Gasteiger partial charge in [0.2, 0.25) is 0 Å². The molecule has 5 nitrogen and oxygen atoms in total. The molecule has 0 spiro atoms. The van der Waals surface area contributed by atoms with Gasteiger partial charge in [0.25, 0.3) is 0 Å². The van der Waals surface area contributed by atoms with Crippen molar-refractivity contribution in [3.8, 4) is 0 Å². The van der Waals surface area contributed by atoms with Crippen LogP contribution < -0.4 is 0 Å². The van der Waals surface area contributed by atoms with Crippen LogP contribution in [0.2, 0.25) is 0 Å². The van der Waals surface area contributed by atoms with Gasteiger partial charge in [-0.1, -0.05) is 12.1 Å². The Morgan fingerprint density at radius 2 is 1.74 bits per heavy atom. The van der Waals surface area contributed by atoms with Gasteiger partial charge in [-0.15, -0.1) is 0 Å². The summed E-state index contributed by atoms with van der Waals surface area (Å²) in [6.07, 6.45) is -0.0792. The van der Waals surface area contributed by atoms with Crippen LogP contribution >= 0.6 is 22.6 Å². The van der Waals surface area contributed by atoms with E-state index in [0.29, 0.717) is 15.0 Å². The van der Waals surface area contributed by atoms with E-state index in [1.807, 2.05) is 36.4 Å². The van der Waals surface area contributed by atoms with E-state index < -0.39 is 21.4 Å². The molecule has 2 aromatic rings. The summed E-state index contributed by atoms with van der Waals surface area (Å²) in [5, 5.41) is 0. The molecular weight excluding hydrogens is 427 g/mol. The number of hydrogen-bond acceptors (Lipinski definition) is 5. The lowest BCUT2D eigenvalue weighted by molar-refractivity contribution is -0.116. The molecule has 23 heavy (non-hydrogen) atoms. The topological polar surface area (TPSA) is 77.0 Å². The van der Waals surface area contributed by atoms with E-state index in [-0.39, 0.29) is 11.3 Å². The maximum atomic E-state index is 12.5. The van der Waals surface area contributed by atoms with Crippen LogP contribution in [-0.4, -0.2) is 29.9 Å². The van der Waals surface area contributed by atoms with Crippen molar-refractivity contribution >= 4 is 38.2 Å². The van der Waals surface area contributed by atoms with Gasteiger partial charge in [-0.25, -0.2) is 18.4 Å². The van der Waals surface area contributed by atoms with Crippen LogP contribution in [0.25, 0.3) is 0 Å². The zero-order valence-electron chi connectivity index (χ0n) is 13.1. The minimum absolute atomic E-state index is 0.0792. The quantitative estimate of drug-likeness (QED) is 0.663. The third kappa shape index (κ3) is 4.57. The number of ketones is 1. The summed E-state index contributed by atoms with van der Waals surface area (Å²) >= 11 is 1.98. The molecule has 122 valence electrons. The summed E-state index contributed by atoms with van der Waals surface area (Å²) in [4.78, 5) is 20.8. The molecule has 2 rings (SSSR count). The molecule has 7 heteroatoms. The average Bonchev–Trinajstić information content (AvgIpc) is 2.35. The Morgan fingerprint density at radius 1 is 1.13 bits per heavy atom. The molecule has 0 fully saturated rings. The van der Waals surface area contributed by atoms with Gasteiger partial charge < -0.3 is 0 Å². The number of halogens is 1. The van der Waals surface area contributed by atoms with E-state index in [1.54, 1.807) is 31.2 Å². The van der Waals surface area contributed by atoms with Gasteiger partial charge in [0.1, 0.15) is 11.6 Å². The first-order chi connectivity index (χ1) is 10.7. The number of Topliss-reactive ketones (excluding diaryl/α,β-unsaturated/α-hetero) is 1. The molecule has 0 aliphatic heterocycles. The Bertz CT molecular complexity index is 823. The second kappa shape index (κ2) is 7.04. The number of sulfone groups is 1. The van der Waals surface area contributed by atoms with Gasteiger partial charge in [-0.05, 0) is 61.1 Å². The summed E-state index contributed by atoms with van der Waals surface area (Å²) in [5.74, 6) is -0.583. The first-order valence-corrected chi connectivity index (χ1v) is 9.73. The van der Waals surface area contributed by atoms with Crippen molar-refractivity contribution in [2.75, 3.05) is 5.75 Å². The number of carbonyl (C=O) groups is 1. The molecule has 0 saturated heterocycles. The molecule has 0 unspecified atom stereocenters. The van der Waals surface area contributed by atoms with Crippen LogP contribution in [0.15, 0.2) is 29.2 Å². The fraction of sp³-hybridized carbons (Fsp3) is 0.312. The highest BCUT2D eigenvalue weighted by atomic mass is 127. The lowest BCUT2D eigenvalue weighted by Crippen LogP contribution is -2.20. The minimum Gasteiger partial charge on any atom is -0.298 e. The SMILES string of the molecule is Cc1cc(C)nc(CC(=O)CS(=O)(=O)c2c(C)cccc2I)n1. The number of aromatic nitrogens is 2. The summed E-state index contributed by atoms with van der Waals surface area (Å²) in [7, 11) is -3.67. The molecule has 0 amide bonds. The summed E-state index contributed by atoms with van der Waals surface area (Å²) in [6, 6.07) is 7.05. The molecule has 0 atom stereocenters. The fourth-order valence-corrected chi connectivity index (χ4v) is 5.63. The molecule has 0 saturated carbocycles. The van der Waals surface area contributed by atoms with Crippen molar-refractivity contribution in [1.82, 2.24) is 9.97 Å². The molecule has 1 aromatic carbocycles. The second-order valence-corrected chi connectivity index (χ2v) is 8.52. The summed E-state index contributed by atoms with van der Waals surface area (Å²) < 4.78 is 25.7. The van der Waals surface area contributed by atoms with E-state index in [1.165, 1.54) is 0 Å². The predicted molar refractivity (Wildman–Crippen MR) is 96.2 cm³/mol. The van der Waals surface area contributed by atoms with Crippen LogP contribution in [0.4, 0.5) is 0 Å². The largest absolute Gasteiger partial charge is 0.298 e. The van der Waals surface area contributed by atoms with E-state index in [0.717, 1.165) is 11.4 Å². The number of carbonyl (C=O) groups excluding carboxylic acids is 1. The highest BCUT2D eigenvalue weighted by Crippen LogP contribution is 2.23. The molecule has 0 radical (unpaired) electrons. The molecule has 1 aromatic heterocycles. The van der Waals surface area contributed by atoms with Gasteiger partial charge in [0.05, 0.1) is 11.3 Å². The van der Waals surface area contributed by atoms with Crippen molar-refractivity contribution in [2.24, 2.45) is 0 Å². The van der Waals surface area contributed by atoms with E-state index >= 15 is 0 Å². The Kier molecular flexibility index (Phi) is 5.51. The number of hydrogen-bond donors (Lipinski definition) is 0.